The van der Waals surface area contributed by atoms with Crippen molar-refractivity contribution < 1.29 is 39.5 Å². The molecule has 2 N–H and O–H groups in total. The van der Waals surface area contributed by atoms with Crippen molar-refractivity contribution in [2.75, 3.05) is 58.4 Å². The number of ether oxygens (including phenoxy) is 1. The van der Waals surface area contributed by atoms with E-state index in [9.17, 15) is 25.6 Å². The maximum atomic E-state index is 13.4. The van der Waals surface area contributed by atoms with Gasteiger partial charge in [0.15, 0.2) is 0 Å². The van der Waals surface area contributed by atoms with Crippen molar-refractivity contribution in [1.29, 1.82) is 0 Å². The van der Waals surface area contributed by atoms with Gasteiger partial charge in [0, 0.05) is 39.3 Å². The van der Waals surface area contributed by atoms with E-state index in [1.54, 1.807) is 24.3 Å². The molecule has 43 heavy (non-hydrogen) atoms. The van der Waals surface area contributed by atoms with Crippen molar-refractivity contribution in [2.24, 2.45) is 0 Å². The molecule has 4 rings (SSSR count). The van der Waals surface area contributed by atoms with Gasteiger partial charge in [0.1, 0.15) is 17.7 Å². The van der Waals surface area contributed by atoms with Crippen LogP contribution in [0.1, 0.15) is 22.8 Å². The lowest BCUT2D eigenvalue weighted by Gasteiger charge is -2.34. The highest BCUT2D eigenvalue weighted by Crippen LogP contribution is 2.26. The number of benzene rings is 3. The summed E-state index contributed by atoms with van der Waals surface area (Å²) in [4.78, 5) is 4.86. The third kappa shape index (κ3) is 17.6. The van der Waals surface area contributed by atoms with Crippen LogP contribution in [0.4, 0.5) is 8.78 Å². The maximum absolute atomic E-state index is 13.4. The minimum atomic E-state index is -3.67. The first-order valence-electron chi connectivity index (χ1n) is 13.3. The molecule has 236 valence electrons. The SMILES string of the molecule is CS(=O)(=O)O.CS(=O)(=O)O.Fc1ccc(C(OCCN2CCN(CC=Cc3ccccc3)CC2)c2ccc(F)cc2)cc1. The quantitative estimate of drug-likeness (QED) is 0.328. The second-order valence-electron chi connectivity index (χ2n) is 9.78. The van der Waals surface area contributed by atoms with Crippen molar-refractivity contribution in [3.8, 4) is 0 Å². The van der Waals surface area contributed by atoms with E-state index in [4.69, 9.17) is 13.8 Å². The third-order valence-corrected chi connectivity index (χ3v) is 5.98. The van der Waals surface area contributed by atoms with E-state index in [-0.39, 0.29) is 17.7 Å². The van der Waals surface area contributed by atoms with Gasteiger partial charge >= 0.3 is 0 Å². The van der Waals surface area contributed by atoms with Crippen molar-refractivity contribution in [3.05, 3.63) is 113 Å². The van der Waals surface area contributed by atoms with Crippen LogP contribution in [-0.2, 0) is 25.0 Å². The van der Waals surface area contributed by atoms with E-state index in [1.807, 2.05) is 6.07 Å². The van der Waals surface area contributed by atoms with E-state index in [0.29, 0.717) is 19.1 Å². The zero-order valence-corrected chi connectivity index (χ0v) is 25.7. The van der Waals surface area contributed by atoms with Gasteiger partial charge in [0.05, 0.1) is 19.1 Å². The molecule has 1 saturated heterocycles. The van der Waals surface area contributed by atoms with Gasteiger partial charge in [-0.25, -0.2) is 8.78 Å². The Morgan fingerprint density at radius 3 is 1.60 bits per heavy atom. The monoisotopic (exact) mass is 640 g/mol. The number of nitrogens with zero attached hydrogens (tertiary/aromatic N) is 2. The van der Waals surface area contributed by atoms with Crippen molar-refractivity contribution in [1.82, 2.24) is 9.80 Å². The van der Waals surface area contributed by atoms with E-state index in [0.717, 1.165) is 50.4 Å². The van der Waals surface area contributed by atoms with Crippen molar-refractivity contribution in [2.45, 2.75) is 6.10 Å². The highest BCUT2D eigenvalue weighted by atomic mass is 32.2. The predicted octanol–water partition coefficient (Wildman–Crippen LogP) is 4.41. The predicted molar refractivity (Wildman–Crippen MR) is 164 cm³/mol. The molecule has 0 amide bonds. The first kappa shape index (κ1) is 36.2. The Balaban J connectivity index is 0.000000559. The molecule has 0 spiro atoms. The van der Waals surface area contributed by atoms with Crippen LogP contribution in [0, 0.1) is 11.6 Å². The average molecular weight is 641 g/mol. The molecule has 0 saturated carbocycles. The summed E-state index contributed by atoms with van der Waals surface area (Å²) in [7, 11) is -7.33. The molecule has 13 heteroatoms. The fourth-order valence-electron chi connectivity index (χ4n) is 4.06. The molecule has 0 bridgehead atoms. The number of hydrogen-bond acceptors (Lipinski definition) is 7. The fraction of sp³-hybridized carbons (Fsp3) is 0.333. The van der Waals surface area contributed by atoms with Crippen LogP contribution in [0.3, 0.4) is 0 Å². The van der Waals surface area contributed by atoms with Crippen molar-refractivity contribution in [3.63, 3.8) is 0 Å². The summed E-state index contributed by atoms with van der Waals surface area (Å²) in [6.07, 6.45) is 5.48. The van der Waals surface area contributed by atoms with Crippen LogP contribution in [0.2, 0.25) is 0 Å². The number of hydrogen-bond donors (Lipinski definition) is 2. The van der Waals surface area contributed by atoms with Gasteiger partial charge in [-0.05, 0) is 41.0 Å². The molecule has 1 aliphatic rings. The second-order valence-corrected chi connectivity index (χ2v) is 12.7. The Morgan fingerprint density at radius 2 is 1.16 bits per heavy atom. The Labute approximate surface area is 252 Å². The Bertz CT molecular complexity index is 1370. The van der Waals surface area contributed by atoms with Crippen molar-refractivity contribution >= 4 is 26.3 Å². The highest BCUT2D eigenvalue weighted by molar-refractivity contribution is 7.85. The molecule has 3 aromatic carbocycles. The summed E-state index contributed by atoms with van der Waals surface area (Å²) >= 11 is 0. The van der Waals surface area contributed by atoms with Gasteiger partial charge in [-0.2, -0.15) is 16.8 Å². The standard InChI is InChI=1S/C28H30F2N2O.2CH4O3S/c29-26-12-8-24(9-13-26)28(25-10-14-27(30)15-11-25)33-22-21-32-19-17-31(18-20-32)16-4-7-23-5-2-1-3-6-23;2*1-5(2,3)4/h1-15,28H,16-22H2;2*1H3,(H,2,3,4). The normalized spacial score (nSPS) is 14.6. The number of rotatable bonds is 9. The second kappa shape index (κ2) is 17.9. The Morgan fingerprint density at radius 1 is 0.744 bits per heavy atom. The summed E-state index contributed by atoms with van der Waals surface area (Å²) in [6, 6.07) is 23.0. The van der Waals surface area contributed by atoms with E-state index in [1.165, 1.54) is 29.8 Å². The van der Waals surface area contributed by atoms with Gasteiger partial charge in [-0.15, -0.1) is 0 Å². The molecule has 1 fully saturated rings. The lowest BCUT2D eigenvalue weighted by molar-refractivity contribution is 0.0467. The van der Waals surface area contributed by atoms with Crippen LogP contribution in [0.5, 0.6) is 0 Å². The molecule has 1 aliphatic heterocycles. The van der Waals surface area contributed by atoms with E-state index in [2.05, 4.69) is 46.2 Å². The van der Waals surface area contributed by atoms with Gasteiger partial charge < -0.3 is 4.74 Å². The van der Waals surface area contributed by atoms with E-state index < -0.39 is 20.2 Å². The molecule has 0 unspecified atom stereocenters. The molecule has 1 heterocycles. The lowest BCUT2D eigenvalue weighted by atomic mass is 10.0. The summed E-state index contributed by atoms with van der Waals surface area (Å²) in [6.45, 7) is 6.38. The van der Waals surface area contributed by atoms with Gasteiger partial charge in [-0.1, -0.05) is 66.7 Å². The molecule has 9 nitrogen and oxygen atoms in total. The smallest absolute Gasteiger partial charge is 0.261 e. The summed E-state index contributed by atoms with van der Waals surface area (Å²) in [5, 5.41) is 0. The zero-order valence-electron chi connectivity index (χ0n) is 24.1. The van der Waals surface area contributed by atoms with Crippen LogP contribution in [-0.4, -0.2) is 94.1 Å². The Hall–Kier alpha value is -3.04. The summed E-state index contributed by atoms with van der Waals surface area (Å²) in [5.74, 6) is -0.568. The zero-order chi connectivity index (χ0) is 31.9. The molecular weight excluding hydrogens is 602 g/mol. The molecule has 0 radical (unpaired) electrons. The topological polar surface area (TPSA) is 124 Å². The van der Waals surface area contributed by atoms with Gasteiger partial charge in [-0.3, -0.25) is 18.9 Å². The summed E-state index contributed by atoms with van der Waals surface area (Å²) in [5.41, 5.74) is 2.95. The highest BCUT2D eigenvalue weighted by Gasteiger charge is 2.18. The molecular formula is C30H38F2N2O7S2. The molecule has 3 aromatic rings. The molecule has 0 aliphatic carbocycles. The van der Waals surface area contributed by atoms with Gasteiger partial charge in [0.2, 0.25) is 0 Å². The third-order valence-electron chi connectivity index (χ3n) is 5.98. The Kier molecular flexibility index (Phi) is 15.1. The van der Waals surface area contributed by atoms with Crippen LogP contribution in [0.25, 0.3) is 6.08 Å². The minimum Gasteiger partial charge on any atom is -0.367 e. The van der Waals surface area contributed by atoms with Gasteiger partial charge in [0.25, 0.3) is 20.2 Å². The number of piperazine rings is 1. The first-order valence-corrected chi connectivity index (χ1v) is 17.0. The van der Waals surface area contributed by atoms with Crippen LogP contribution < -0.4 is 0 Å². The van der Waals surface area contributed by atoms with Crippen LogP contribution in [0.15, 0.2) is 84.9 Å². The fourth-order valence-corrected chi connectivity index (χ4v) is 4.06. The lowest BCUT2D eigenvalue weighted by Crippen LogP contribution is -2.47. The largest absolute Gasteiger partial charge is 0.367 e. The molecule has 0 aromatic heterocycles. The minimum absolute atomic E-state index is 0.284. The van der Waals surface area contributed by atoms with E-state index >= 15 is 0 Å². The average Bonchev–Trinajstić information content (AvgIpc) is 2.92. The number of halogens is 2. The van der Waals surface area contributed by atoms with Crippen LogP contribution >= 0.6 is 0 Å². The first-order chi connectivity index (χ1) is 20.2. The molecule has 0 atom stereocenters. The maximum Gasteiger partial charge on any atom is 0.261 e. The summed E-state index contributed by atoms with van der Waals surface area (Å²) < 4.78 is 84.7.